The van der Waals surface area contributed by atoms with Gasteiger partial charge in [0.25, 0.3) is 6.01 Å². The zero-order chi connectivity index (χ0) is 37.1. The predicted molar refractivity (Wildman–Crippen MR) is 199 cm³/mol. The Bertz CT molecular complexity index is 2230. The molecule has 1 N–H and O–H groups in total. The minimum absolute atomic E-state index is 0.0247. The number of rotatable bonds is 14. The Morgan fingerprint density at radius 3 is 2.58 bits per heavy atom. The summed E-state index contributed by atoms with van der Waals surface area (Å²) in [5.74, 6) is 0.175. The smallest absolute Gasteiger partial charge is 0.345 e. The molecule has 0 spiro atoms. The fourth-order valence-corrected chi connectivity index (χ4v) is 7.61. The van der Waals surface area contributed by atoms with Gasteiger partial charge in [-0.25, -0.2) is 14.8 Å². The first-order valence-electron chi connectivity index (χ1n) is 17.1. The second-order valence-corrected chi connectivity index (χ2v) is 14.2. The summed E-state index contributed by atoms with van der Waals surface area (Å²) in [6.07, 6.45) is 1.61. The molecule has 1 atom stereocenters. The van der Waals surface area contributed by atoms with E-state index in [1.165, 1.54) is 29.8 Å². The zero-order valence-corrected chi connectivity index (χ0v) is 31.0. The minimum Gasteiger partial charge on any atom is -0.491 e. The van der Waals surface area contributed by atoms with Crippen molar-refractivity contribution >= 4 is 39.1 Å². The van der Waals surface area contributed by atoms with Crippen molar-refractivity contribution in [1.82, 2.24) is 29.5 Å². The number of carboxylic acid groups (broad SMARTS) is 1. The van der Waals surface area contributed by atoms with Crippen molar-refractivity contribution in [1.29, 1.82) is 0 Å². The molecule has 15 heteroatoms. The second-order valence-electron chi connectivity index (χ2n) is 12.8. The number of carbonyl (C=O) groups is 1. The average Bonchev–Trinajstić information content (AvgIpc) is 3.88. The Labute approximate surface area is 314 Å². The maximum absolute atomic E-state index is 14.3. The molecule has 276 valence electrons. The number of aliphatic carboxylic acids is 1. The molecule has 5 heterocycles. The van der Waals surface area contributed by atoms with Gasteiger partial charge >= 0.3 is 5.97 Å². The molecule has 4 aromatic heterocycles. The van der Waals surface area contributed by atoms with Gasteiger partial charge in [-0.1, -0.05) is 35.9 Å². The van der Waals surface area contributed by atoms with Crippen LogP contribution < -0.4 is 14.2 Å². The minimum atomic E-state index is -1.35. The molecular formula is C38H38ClFN6O6S. The molecule has 0 aliphatic carbocycles. The highest BCUT2D eigenvalue weighted by molar-refractivity contribution is 7.22. The van der Waals surface area contributed by atoms with E-state index in [4.69, 9.17) is 30.2 Å². The first-order valence-corrected chi connectivity index (χ1v) is 18.3. The number of benzene rings is 2. The highest BCUT2D eigenvalue weighted by atomic mass is 35.5. The Morgan fingerprint density at radius 1 is 1.04 bits per heavy atom. The van der Waals surface area contributed by atoms with Gasteiger partial charge in [-0.05, 0) is 54.9 Å². The number of ether oxygens (including phenoxy) is 3. The Kier molecular flexibility index (Phi) is 10.9. The van der Waals surface area contributed by atoms with Gasteiger partial charge < -0.3 is 28.6 Å². The van der Waals surface area contributed by atoms with Crippen LogP contribution >= 0.6 is 22.9 Å². The van der Waals surface area contributed by atoms with Crippen LogP contribution in [0.25, 0.3) is 32.0 Å². The van der Waals surface area contributed by atoms with Crippen molar-refractivity contribution in [2.45, 2.75) is 26.1 Å². The van der Waals surface area contributed by atoms with Gasteiger partial charge in [0.2, 0.25) is 12.0 Å². The van der Waals surface area contributed by atoms with Gasteiger partial charge in [-0.2, -0.15) is 9.49 Å². The van der Waals surface area contributed by atoms with E-state index in [2.05, 4.69) is 31.9 Å². The SMILES string of the molecule is Cc1c(-c2c(-c3ccc(F)o3)sc3ncnc(O[C@H](Cc4ccccc4OCc4ccnn4C)C(=O)O)c23)ccc(OCCN2CCN(C)CC2)c1Cl. The first-order chi connectivity index (χ1) is 25.7. The highest BCUT2D eigenvalue weighted by Crippen LogP contribution is 2.49. The van der Waals surface area contributed by atoms with E-state index >= 15 is 0 Å². The van der Waals surface area contributed by atoms with E-state index in [1.807, 2.05) is 38.2 Å². The quantitative estimate of drug-likeness (QED) is 0.127. The van der Waals surface area contributed by atoms with Crippen LogP contribution in [0.5, 0.6) is 17.4 Å². The van der Waals surface area contributed by atoms with Crippen LogP contribution in [0.3, 0.4) is 0 Å². The summed E-state index contributed by atoms with van der Waals surface area (Å²) in [6, 6.07) is 14.8. The number of para-hydroxylation sites is 1. The van der Waals surface area contributed by atoms with Crippen molar-refractivity contribution in [3.63, 3.8) is 0 Å². The van der Waals surface area contributed by atoms with Crippen LogP contribution in [0, 0.1) is 12.9 Å². The van der Waals surface area contributed by atoms with E-state index in [-0.39, 0.29) is 24.7 Å². The number of aryl methyl sites for hydroxylation is 1. The van der Waals surface area contributed by atoms with Gasteiger partial charge in [0.15, 0.2) is 0 Å². The molecule has 12 nitrogen and oxygen atoms in total. The largest absolute Gasteiger partial charge is 0.491 e. The lowest BCUT2D eigenvalue weighted by atomic mass is 9.97. The maximum Gasteiger partial charge on any atom is 0.345 e. The third kappa shape index (κ3) is 8.00. The number of hydrogen-bond donors (Lipinski definition) is 1. The summed E-state index contributed by atoms with van der Waals surface area (Å²) in [4.78, 5) is 27.4. The van der Waals surface area contributed by atoms with Crippen LogP contribution in [-0.2, 0) is 24.9 Å². The van der Waals surface area contributed by atoms with Gasteiger partial charge in [0.05, 0.1) is 21.0 Å². The summed E-state index contributed by atoms with van der Waals surface area (Å²) in [5.41, 5.74) is 3.44. The number of nitrogens with zero attached hydrogens (tertiary/aromatic N) is 6. The van der Waals surface area contributed by atoms with Crippen LogP contribution in [-0.4, -0.2) is 93.1 Å². The molecule has 2 aromatic carbocycles. The fourth-order valence-electron chi connectivity index (χ4n) is 6.28. The van der Waals surface area contributed by atoms with Gasteiger partial charge in [0.1, 0.15) is 41.6 Å². The number of thiophene rings is 1. The first kappa shape index (κ1) is 36.3. The fraction of sp³-hybridized carbons (Fsp3) is 0.316. The van der Waals surface area contributed by atoms with Crippen LogP contribution in [0.1, 0.15) is 16.8 Å². The summed E-state index contributed by atoms with van der Waals surface area (Å²) in [5, 5.41) is 15.5. The summed E-state index contributed by atoms with van der Waals surface area (Å²) < 4.78 is 39.9. The number of aromatic nitrogens is 4. The summed E-state index contributed by atoms with van der Waals surface area (Å²) >= 11 is 8.21. The molecule has 1 fully saturated rings. The molecule has 53 heavy (non-hydrogen) atoms. The van der Waals surface area contributed by atoms with Crippen molar-refractivity contribution in [2.75, 3.05) is 46.4 Å². The Balaban J connectivity index is 1.21. The van der Waals surface area contributed by atoms with E-state index in [9.17, 15) is 14.3 Å². The van der Waals surface area contributed by atoms with Gasteiger partial charge in [-0.15, -0.1) is 11.3 Å². The lowest BCUT2D eigenvalue weighted by Gasteiger charge is -2.32. The van der Waals surface area contributed by atoms with E-state index in [0.29, 0.717) is 60.5 Å². The molecule has 1 aliphatic rings. The number of fused-ring (bicyclic) bond motifs is 1. The topological polar surface area (TPSA) is 128 Å². The lowest BCUT2D eigenvalue weighted by molar-refractivity contribution is -0.145. The Morgan fingerprint density at radius 2 is 1.85 bits per heavy atom. The molecule has 0 amide bonds. The third-order valence-electron chi connectivity index (χ3n) is 9.34. The number of likely N-dealkylation sites (N-methyl/N-ethyl adjacent to an activating group) is 1. The molecule has 6 aromatic rings. The Hall–Kier alpha value is -5.02. The summed E-state index contributed by atoms with van der Waals surface area (Å²) in [7, 11) is 3.94. The van der Waals surface area contributed by atoms with Crippen LogP contribution in [0.4, 0.5) is 4.39 Å². The molecule has 0 saturated carbocycles. The number of piperazine rings is 1. The molecule has 0 bridgehead atoms. The molecule has 7 rings (SSSR count). The van der Waals surface area contributed by atoms with Crippen molar-refractivity contribution in [3.05, 3.63) is 95.0 Å². The van der Waals surface area contributed by atoms with Gasteiger partial charge in [-0.3, -0.25) is 9.58 Å². The molecule has 1 saturated heterocycles. The average molecular weight is 761 g/mol. The van der Waals surface area contributed by atoms with Gasteiger partial charge in [0, 0.05) is 64.0 Å². The molecule has 1 aliphatic heterocycles. The molecule has 0 unspecified atom stereocenters. The van der Waals surface area contributed by atoms with Crippen LogP contribution in [0.15, 0.2) is 71.5 Å². The number of hydrogen-bond acceptors (Lipinski definition) is 11. The van der Waals surface area contributed by atoms with Crippen molar-refractivity contribution < 1.29 is 32.9 Å². The summed E-state index contributed by atoms with van der Waals surface area (Å²) in [6.45, 7) is 7.36. The van der Waals surface area contributed by atoms with Crippen LogP contribution in [0.2, 0.25) is 5.02 Å². The van der Waals surface area contributed by atoms with E-state index in [1.54, 1.807) is 29.1 Å². The van der Waals surface area contributed by atoms with E-state index < -0.39 is 18.1 Å². The maximum atomic E-state index is 14.3. The van der Waals surface area contributed by atoms with E-state index in [0.717, 1.165) is 38.4 Å². The third-order valence-corrected chi connectivity index (χ3v) is 10.9. The molecule has 0 radical (unpaired) electrons. The monoisotopic (exact) mass is 760 g/mol. The second kappa shape index (κ2) is 15.9. The van der Waals surface area contributed by atoms with Crippen molar-refractivity contribution in [2.24, 2.45) is 7.05 Å². The number of carboxylic acids is 1. The van der Waals surface area contributed by atoms with Crippen molar-refractivity contribution in [3.8, 4) is 39.1 Å². The predicted octanol–water partition coefficient (Wildman–Crippen LogP) is 6.73. The number of furan rings is 1. The highest BCUT2D eigenvalue weighted by Gasteiger charge is 2.29. The molecular weight excluding hydrogens is 723 g/mol. The lowest BCUT2D eigenvalue weighted by Crippen LogP contribution is -2.45. The zero-order valence-electron chi connectivity index (χ0n) is 29.4. The standard InChI is InChI=1S/C38H38ClFN6O6S/c1-23-26(8-9-28(34(23)39)49-19-18-46-16-14-44(2)15-17-46)32-33-36(41-22-42-37(33)53-35(32)29-10-11-31(40)51-29)52-30(38(47)48)20-24-6-4-5-7-27(24)50-21-25-12-13-43-45(25)3/h4-13,22,30H,14-21H2,1-3H3,(H,47,48)/t30-/m1/s1. The number of halogens is 2. The normalized spacial score (nSPS) is 14.4.